The lowest BCUT2D eigenvalue weighted by Crippen LogP contribution is -2.20. The van der Waals surface area contributed by atoms with Crippen molar-refractivity contribution in [3.63, 3.8) is 0 Å². The molecule has 0 spiro atoms. The van der Waals surface area contributed by atoms with Crippen LogP contribution in [-0.4, -0.2) is 16.0 Å². The molecule has 0 saturated heterocycles. The van der Waals surface area contributed by atoms with E-state index in [1.165, 1.54) is 11.1 Å². The van der Waals surface area contributed by atoms with Gasteiger partial charge in [0.25, 0.3) is 5.91 Å². The summed E-state index contributed by atoms with van der Waals surface area (Å²) in [5, 5.41) is 15.1. The molecule has 4 N–H and O–H groups in total. The molecule has 4 aromatic rings. The summed E-state index contributed by atoms with van der Waals surface area (Å²) in [5.41, 5.74) is 11.4. The maximum atomic E-state index is 12.7. The zero-order valence-electron chi connectivity index (χ0n) is 16.9. The molecule has 1 unspecified atom stereocenters. The Morgan fingerprint density at radius 3 is 2.57 bits per heavy atom. The number of amides is 1. The number of fused-ring (bicyclic) bond motifs is 1. The number of carbonyl (C=O) groups excluding carboxylic acids is 1. The van der Waals surface area contributed by atoms with E-state index in [0.717, 1.165) is 21.9 Å². The summed E-state index contributed by atoms with van der Waals surface area (Å²) in [6.45, 7) is 4.14. The highest BCUT2D eigenvalue weighted by Gasteiger charge is 2.18. The van der Waals surface area contributed by atoms with Crippen molar-refractivity contribution in [2.45, 2.75) is 20.0 Å². The fourth-order valence-electron chi connectivity index (χ4n) is 3.45. The lowest BCUT2D eigenvalue weighted by molar-refractivity contribution is -0.124. The summed E-state index contributed by atoms with van der Waals surface area (Å²) in [5.74, 6) is -0.0535. The van der Waals surface area contributed by atoms with Gasteiger partial charge in [0.05, 0.1) is 0 Å². The zero-order valence-corrected chi connectivity index (χ0v) is 16.9. The molecule has 0 fully saturated rings. The van der Waals surface area contributed by atoms with Crippen LogP contribution in [0.15, 0.2) is 72.9 Å². The number of aryl methyl sites for hydroxylation is 2. The van der Waals surface area contributed by atoms with E-state index >= 15 is 0 Å². The Morgan fingerprint density at radius 1 is 0.967 bits per heavy atom. The highest BCUT2D eigenvalue weighted by atomic mass is 16.3. The summed E-state index contributed by atoms with van der Waals surface area (Å²) < 4.78 is 0. The van der Waals surface area contributed by atoms with Gasteiger partial charge in [0, 0.05) is 17.3 Å². The molecule has 0 saturated carbocycles. The number of anilines is 2. The maximum absolute atomic E-state index is 12.7. The van der Waals surface area contributed by atoms with Crippen LogP contribution < -0.4 is 11.1 Å². The van der Waals surface area contributed by atoms with Crippen LogP contribution in [0.25, 0.3) is 21.9 Å². The minimum atomic E-state index is -1.28. The number of benzene rings is 3. The molecule has 5 heteroatoms. The van der Waals surface area contributed by atoms with Crippen molar-refractivity contribution < 1.29 is 9.90 Å². The maximum Gasteiger partial charge on any atom is 0.257 e. The van der Waals surface area contributed by atoms with Gasteiger partial charge >= 0.3 is 0 Å². The molecule has 150 valence electrons. The van der Waals surface area contributed by atoms with E-state index in [0.29, 0.717) is 17.1 Å². The third-order valence-electron chi connectivity index (χ3n) is 5.35. The van der Waals surface area contributed by atoms with Gasteiger partial charge in [-0.1, -0.05) is 36.4 Å². The third-order valence-corrected chi connectivity index (χ3v) is 5.35. The first-order valence-corrected chi connectivity index (χ1v) is 9.73. The molecule has 30 heavy (non-hydrogen) atoms. The van der Waals surface area contributed by atoms with Crippen molar-refractivity contribution in [1.82, 2.24) is 4.98 Å². The molecule has 1 atom stereocenters. The lowest BCUT2D eigenvalue weighted by atomic mass is 9.97. The second kappa shape index (κ2) is 7.97. The molecule has 0 bridgehead atoms. The van der Waals surface area contributed by atoms with Crippen molar-refractivity contribution in [1.29, 1.82) is 0 Å². The number of nitrogens with one attached hydrogen (secondary N) is 1. The smallest absolute Gasteiger partial charge is 0.257 e. The minimum absolute atomic E-state index is 0.438. The number of pyridine rings is 1. The molecular weight excluding hydrogens is 374 g/mol. The van der Waals surface area contributed by atoms with Crippen LogP contribution in [0.2, 0.25) is 0 Å². The largest absolute Gasteiger partial charge is 0.383 e. The Kier molecular flexibility index (Phi) is 5.21. The SMILES string of the molecule is Cc1ccc(-c2cccc(C(O)C(=O)Nc3ccc4c(N)nccc4c3)c2)cc1C. The Morgan fingerprint density at radius 2 is 1.77 bits per heavy atom. The predicted octanol–water partition coefficient (Wildman–Crippen LogP) is 4.77. The molecule has 1 amide bonds. The van der Waals surface area contributed by atoms with Crippen LogP contribution in [-0.2, 0) is 4.79 Å². The number of rotatable bonds is 4. The van der Waals surface area contributed by atoms with Crippen molar-refractivity contribution >= 4 is 28.2 Å². The van der Waals surface area contributed by atoms with Gasteiger partial charge in [-0.2, -0.15) is 0 Å². The Balaban J connectivity index is 1.56. The molecule has 1 aromatic heterocycles. The second-order valence-corrected chi connectivity index (χ2v) is 7.45. The van der Waals surface area contributed by atoms with Gasteiger partial charge in [-0.05, 0) is 77.4 Å². The van der Waals surface area contributed by atoms with Crippen molar-refractivity contribution in [3.8, 4) is 11.1 Å². The standard InChI is InChI=1S/C25H23N3O2/c1-15-6-7-18(12-16(15)2)17-4-3-5-20(13-17)23(29)25(30)28-21-8-9-22-19(14-21)10-11-27-24(22)26/h3-14,23,29H,1-2H3,(H2,26,27)(H,28,30). The monoisotopic (exact) mass is 397 g/mol. The quantitative estimate of drug-likeness (QED) is 0.463. The first kappa shape index (κ1) is 19.6. The van der Waals surface area contributed by atoms with Crippen LogP contribution in [0.5, 0.6) is 0 Å². The number of aliphatic hydroxyl groups excluding tert-OH is 1. The van der Waals surface area contributed by atoms with Gasteiger partial charge in [-0.25, -0.2) is 4.98 Å². The summed E-state index contributed by atoms with van der Waals surface area (Å²) in [6.07, 6.45) is 0.339. The van der Waals surface area contributed by atoms with Gasteiger partial charge in [0.15, 0.2) is 6.10 Å². The van der Waals surface area contributed by atoms with E-state index in [-0.39, 0.29) is 0 Å². The number of nitrogens with zero attached hydrogens (tertiary/aromatic N) is 1. The van der Waals surface area contributed by atoms with Crippen molar-refractivity contribution in [2.24, 2.45) is 0 Å². The summed E-state index contributed by atoms with van der Waals surface area (Å²) in [7, 11) is 0. The van der Waals surface area contributed by atoms with E-state index in [1.807, 2.05) is 36.4 Å². The molecule has 1 heterocycles. The average molecular weight is 397 g/mol. The molecule has 3 aromatic carbocycles. The molecular formula is C25H23N3O2. The second-order valence-electron chi connectivity index (χ2n) is 7.45. The van der Waals surface area contributed by atoms with Crippen LogP contribution in [0.3, 0.4) is 0 Å². The normalized spacial score (nSPS) is 12.0. The number of nitrogens with two attached hydrogens (primary N) is 1. The highest BCUT2D eigenvalue weighted by molar-refractivity contribution is 5.99. The summed E-state index contributed by atoms with van der Waals surface area (Å²) in [6, 6.07) is 20.8. The molecule has 0 radical (unpaired) electrons. The average Bonchev–Trinajstić information content (AvgIpc) is 2.75. The van der Waals surface area contributed by atoms with Crippen molar-refractivity contribution in [3.05, 3.63) is 89.6 Å². The van der Waals surface area contributed by atoms with E-state index < -0.39 is 12.0 Å². The van der Waals surface area contributed by atoms with E-state index in [4.69, 9.17) is 5.73 Å². The third kappa shape index (κ3) is 3.88. The van der Waals surface area contributed by atoms with E-state index in [2.05, 4.69) is 36.3 Å². The fraction of sp³-hybridized carbons (Fsp3) is 0.120. The molecule has 4 rings (SSSR count). The first-order chi connectivity index (χ1) is 14.4. The summed E-state index contributed by atoms with van der Waals surface area (Å²) in [4.78, 5) is 16.7. The van der Waals surface area contributed by atoms with Gasteiger partial charge in [0.2, 0.25) is 0 Å². The Bertz CT molecular complexity index is 1250. The number of carbonyl (C=O) groups is 1. The Labute approximate surface area is 175 Å². The van der Waals surface area contributed by atoms with Crippen LogP contribution >= 0.6 is 0 Å². The molecule has 0 aliphatic rings. The van der Waals surface area contributed by atoms with Gasteiger partial charge in [-0.3, -0.25) is 4.79 Å². The van der Waals surface area contributed by atoms with Gasteiger partial charge in [0.1, 0.15) is 5.82 Å². The lowest BCUT2D eigenvalue weighted by Gasteiger charge is -2.14. The molecule has 0 aliphatic heterocycles. The topological polar surface area (TPSA) is 88.2 Å². The van der Waals surface area contributed by atoms with Crippen LogP contribution in [0.1, 0.15) is 22.8 Å². The van der Waals surface area contributed by atoms with E-state index in [1.54, 1.807) is 24.4 Å². The van der Waals surface area contributed by atoms with E-state index in [9.17, 15) is 9.90 Å². The van der Waals surface area contributed by atoms with Gasteiger partial charge in [-0.15, -0.1) is 0 Å². The number of nitrogen functional groups attached to an aromatic ring is 1. The zero-order chi connectivity index (χ0) is 21.3. The summed E-state index contributed by atoms with van der Waals surface area (Å²) >= 11 is 0. The minimum Gasteiger partial charge on any atom is -0.383 e. The Hall–Kier alpha value is -3.70. The molecule has 0 aliphatic carbocycles. The predicted molar refractivity (Wildman–Crippen MR) is 121 cm³/mol. The number of aliphatic hydroxyl groups is 1. The van der Waals surface area contributed by atoms with Gasteiger partial charge < -0.3 is 16.2 Å². The fourth-order valence-corrected chi connectivity index (χ4v) is 3.45. The number of aromatic nitrogens is 1. The highest BCUT2D eigenvalue weighted by Crippen LogP contribution is 2.27. The van der Waals surface area contributed by atoms with Crippen LogP contribution in [0, 0.1) is 13.8 Å². The van der Waals surface area contributed by atoms with Crippen LogP contribution in [0.4, 0.5) is 11.5 Å². The number of hydrogen-bond acceptors (Lipinski definition) is 4. The van der Waals surface area contributed by atoms with Crippen molar-refractivity contribution in [2.75, 3.05) is 11.1 Å². The molecule has 5 nitrogen and oxygen atoms in total. The number of hydrogen-bond donors (Lipinski definition) is 3. The first-order valence-electron chi connectivity index (χ1n) is 9.73.